The second-order valence-corrected chi connectivity index (χ2v) is 10.3. The summed E-state index contributed by atoms with van der Waals surface area (Å²) in [6, 6.07) is 21.9. The van der Waals surface area contributed by atoms with Gasteiger partial charge in [0.15, 0.2) is 0 Å². The number of rotatable bonds is 8. The smallest absolute Gasteiger partial charge is 0.410 e. The highest BCUT2D eigenvalue weighted by atomic mass is 16.6. The second-order valence-electron chi connectivity index (χ2n) is 10.3. The van der Waals surface area contributed by atoms with Gasteiger partial charge in [-0.3, -0.25) is 14.5 Å². The van der Waals surface area contributed by atoms with Gasteiger partial charge in [0.05, 0.1) is 0 Å². The van der Waals surface area contributed by atoms with Crippen molar-refractivity contribution in [1.29, 1.82) is 0 Å². The fourth-order valence-corrected chi connectivity index (χ4v) is 4.24. The molecule has 0 aromatic heterocycles. The number of likely N-dealkylation sites (N-methyl/N-ethyl adjacent to an activating group) is 3. The average Bonchev–Trinajstić information content (AvgIpc) is 2.88. The Morgan fingerprint density at radius 2 is 1.38 bits per heavy atom. The van der Waals surface area contributed by atoms with E-state index in [4.69, 9.17) is 4.74 Å². The molecule has 3 rings (SSSR count). The molecule has 0 aliphatic heterocycles. The third-order valence-electron chi connectivity index (χ3n) is 6.31. The number of ether oxygens (including phenoxy) is 1. The number of nitrogens with one attached hydrogen (secondary N) is 1. The van der Waals surface area contributed by atoms with Crippen LogP contribution in [0.15, 0.2) is 72.8 Å². The largest absolute Gasteiger partial charge is 0.444 e. The van der Waals surface area contributed by atoms with Crippen LogP contribution in [0.5, 0.6) is 0 Å². The first-order valence-corrected chi connectivity index (χ1v) is 12.5. The molecular weight excluding hydrogens is 466 g/mol. The molecule has 196 valence electrons. The van der Waals surface area contributed by atoms with Crippen LogP contribution >= 0.6 is 0 Å². The van der Waals surface area contributed by atoms with Gasteiger partial charge in [0.2, 0.25) is 11.8 Å². The average molecular weight is 504 g/mol. The molecule has 0 unspecified atom stereocenters. The Labute approximate surface area is 219 Å². The predicted molar refractivity (Wildman–Crippen MR) is 146 cm³/mol. The molecule has 0 radical (unpaired) electrons. The normalized spacial score (nSPS) is 12.9. The van der Waals surface area contributed by atoms with E-state index < -0.39 is 23.8 Å². The molecule has 0 spiro atoms. The maximum Gasteiger partial charge on any atom is 0.410 e. The zero-order valence-electron chi connectivity index (χ0n) is 22.5. The zero-order valence-corrected chi connectivity index (χ0v) is 22.5. The van der Waals surface area contributed by atoms with Gasteiger partial charge in [0, 0.05) is 34.0 Å². The van der Waals surface area contributed by atoms with E-state index in [1.54, 1.807) is 41.9 Å². The number of carbonyl (C=O) groups is 3. The van der Waals surface area contributed by atoms with Crippen LogP contribution in [0.2, 0.25) is 0 Å². The fourth-order valence-electron chi connectivity index (χ4n) is 4.24. The van der Waals surface area contributed by atoms with Gasteiger partial charge < -0.3 is 15.0 Å². The predicted octanol–water partition coefficient (Wildman–Crippen LogP) is 4.43. The van der Waals surface area contributed by atoms with Crippen molar-refractivity contribution < 1.29 is 19.1 Å². The molecule has 0 fully saturated rings. The lowest BCUT2D eigenvalue weighted by molar-refractivity contribution is -0.142. The molecule has 0 bridgehead atoms. The fraction of sp³-hybridized carbons (Fsp3) is 0.367. The van der Waals surface area contributed by atoms with Crippen molar-refractivity contribution in [2.45, 2.75) is 51.3 Å². The lowest BCUT2D eigenvalue weighted by Gasteiger charge is -2.35. The van der Waals surface area contributed by atoms with Crippen LogP contribution in [-0.4, -0.2) is 66.5 Å². The molecule has 0 aliphatic carbocycles. The minimum atomic E-state index is -0.871. The van der Waals surface area contributed by atoms with Crippen LogP contribution in [0.25, 0.3) is 10.8 Å². The highest BCUT2D eigenvalue weighted by Crippen LogP contribution is 2.21. The van der Waals surface area contributed by atoms with Crippen LogP contribution in [-0.2, 0) is 27.2 Å². The molecule has 0 saturated carbocycles. The molecule has 7 nitrogen and oxygen atoms in total. The Kier molecular flexibility index (Phi) is 8.92. The minimum Gasteiger partial charge on any atom is -0.444 e. The van der Waals surface area contributed by atoms with Gasteiger partial charge in [0.25, 0.3) is 0 Å². The van der Waals surface area contributed by atoms with Gasteiger partial charge in [-0.25, -0.2) is 4.79 Å². The van der Waals surface area contributed by atoms with Crippen LogP contribution in [0, 0.1) is 0 Å². The zero-order chi connectivity index (χ0) is 27.2. The molecule has 0 heterocycles. The topological polar surface area (TPSA) is 79.0 Å². The molecular formula is C30H37N3O4. The Hall–Kier alpha value is -3.87. The summed E-state index contributed by atoms with van der Waals surface area (Å²) < 4.78 is 5.58. The van der Waals surface area contributed by atoms with E-state index in [1.165, 1.54) is 9.80 Å². The molecule has 7 heteroatoms. The van der Waals surface area contributed by atoms with Crippen LogP contribution in [0.1, 0.15) is 31.9 Å². The Morgan fingerprint density at radius 3 is 2.00 bits per heavy atom. The van der Waals surface area contributed by atoms with E-state index in [2.05, 4.69) is 5.32 Å². The van der Waals surface area contributed by atoms with Crippen molar-refractivity contribution >= 4 is 28.7 Å². The van der Waals surface area contributed by atoms with E-state index in [9.17, 15) is 14.4 Å². The van der Waals surface area contributed by atoms with Gasteiger partial charge in [0.1, 0.15) is 17.7 Å². The van der Waals surface area contributed by atoms with Crippen molar-refractivity contribution in [2.24, 2.45) is 0 Å². The van der Waals surface area contributed by atoms with Crippen molar-refractivity contribution in [1.82, 2.24) is 15.1 Å². The first-order valence-electron chi connectivity index (χ1n) is 12.5. The maximum absolute atomic E-state index is 14.0. The lowest BCUT2D eigenvalue weighted by Crippen LogP contribution is -2.56. The molecule has 2 atom stereocenters. The molecule has 1 N–H and O–H groups in total. The molecule has 0 aliphatic rings. The monoisotopic (exact) mass is 503 g/mol. The van der Waals surface area contributed by atoms with Gasteiger partial charge in [-0.2, -0.15) is 0 Å². The van der Waals surface area contributed by atoms with E-state index in [0.29, 0.717) is 6.42 Å². The molecule has 3 amide bonds. The number of amides is 3. The summed E-state index contributed by atoms with van der Waals surface area (Å²) >= 11 is 0. The minimum absolute atomic E-state index is 0.273. The SMILES string of the molecule is CNC(=O)[C@@H](Cc1ccccc1)N(C)C(=O)[C@@H](Cc1ccc2ccccc2c1)N(C)C(=O)OC(C)(C)C. The van der Waals surface area contributed by atoms with Crippen molar-refractivity contribution in [3.8, 4) is 0 Å². The third-order valence-corrected chi connectivity index (χ3v) is 6.31. The highest BCUT2D eigenvalue weighted by Gasteiger charge is 2.36. The standard InChI is InChI=1S/C30H37N3O4/c1-30(2,3)37-29(36)33(6)26(20-22-16-17-23-14-10-11-15-24(23)18-22)28(35)32(5)25(27(34)31-4)19-21-12-8-7-9-13-21/h7-18,25-26H,19-20H2,1-6H3,(H,31,34)/t25-,26-/m1/s1. The van der Waals surface area contributed by atoms with Crippen molar-refractivity contribution in [2.75, 3.05) is 21.1 Å². The molecule has 3 aromatic carbocycles. The summed E-state index contributed by atoms with van der Waals surface area (Å²) in [6.45, 7) is 5.35. The molecule has 37 heavy (non-hydrogen) atoms. The summed E-state index contributed by atoms with van der Waals surface area (Å²) in [4.78, 5) is 42.7. The van der Waals surface area contributed by atoms with Crippen LogP contribution in [0.4, 0.5) is 4.79 Å². The summed E-state index contributed by atoms with van der Waals surface area (Å²) in [5.74, 6) is -0.616. The van der Waals surface area contributed by atoms with E-state index in [-0.39, 0.29) is 18.2 Å². The van der Waals surface area contributed by atoms with Crippen molar-refractivity contribution in [3.63, 3.8) is 0 Å². The summed E-state index contributed by atoms with van der Waals surface area (Å²) in [7, 11) is 4.73. The number of nitrogens with zero attached hydrogens (tertiary/aromatic N) is 2. The van der Waals surface area contributed by atoms with E-state index >= 15 is 0 Å². The van der Waals surface area contributed by atoms with Gasteiger partial charge >= 0.3 is 6.09 Å². The van der Waals surface area contributed by atoms with Crippen LogP contribution in [0.3, 0.4) is 0 Å². The van der Waals surface area contributed by atoms with Crippen LogP contribution < -0.4 is 5.32 Å². The van der Waals surface area contributed by atoms with Gasteiger partial charge in [-0.15, -0.1) is 0 Å². The lowest BCUT2D eigenvalue weighted by atomic mass is 9.98. The molecule has 0 saturated heterocycles. The number of hydrogen-bond acceptors (Lipinski definition) is 4. The number of carbonyl (C=O) groups excluding carboxylic acids is 3. The number of hydrogen-bond donors (Lipinski definition) is 1. The number of benzene rings is 3. The summed E-state index contributed by atoms with van der Waals surface area (Å²) in [5, 5.41) is 4.81. The first-order chi connectivity index (χ1) is 17.5. The summed E-state index contributed by atoms with van der Waals surface area (Å²) in [5.41, 5.74) is 1.12. The van der Waals surface area contributed by atoms with Crippen molar-refractivity contribution in [3.05, 3.63) is 83.9 Å². The Morgan fingerprint density at radius 1 is 0.784 bits per heavy atom. The van der Waals surface area contributed by atoms with E-state index in [0.717, 1.165) is 21.9 Å². The first kappa shape index (κ1) is 27.7. The van der Waals surface area contributed by atoms with E-state index in [1.807, 2.05) is 72.8 Å². The van der Waals surface area contributed by atoms with Gasteiger partial charge in [-0.1, -0.05) is 72.8 Å². The highest BCUT2D eigenvalue weighted by molar-refractivity contribution is 5.91. The molecule has 3 aromatic rings. The van der Waals surface area contributed by atoms with Gasteiger partial charge in [-0.05, 0) is 42.7 Å². The Balaban J connectivity index is 1.94. The number of fused-ring (bicyclic) bond motifs is 1. The third kappa shape index (κ3) is 7.32. The maximum atomic E-state index is 14.0. The quantitative estimate of drug-likeness (QED) is 0.493. The summed E-state index contributed by atoms with van der Waals surface area (Å²) in [6.07, 6.45) is 0.0246. The second kappa shape index (κ2) is 11.9. The Bertz CT molecular complexity index is 1240.